The molecule has 70 heavy (non-hydrogen) atoms. The molecule has 408 valence electrons. The van der Waals surface area contributed by atoms with Gasteiger partial charge in [-0.1, -0.05) is 0 Å². The number of carbonyl (C=O) groups excluding carboxylic acids is 4. The van der Waals surface area contributed by atoms with Crippen LogP contribution in [0.5, 0.6) is 0 Å². The molecule has 3 heterocycles. The van der Waals surface area contributed by atoms with Crippen molar-refractivity contribution in [2.75, 3.05) is 98.9 Å². The second-order valence-electron chi connectivity index (χ2n) is 16.3. The fraction of sp³-hybridized carbons (Fsp3) is 0.900. The summed E-state index contributed by atoms with van der Waals surface area (Å²) >= 11 is 0. The lowest BCUT2D eigenvalue weighted by molar-refractivity contribution is -0.302. The molecule has 0 aromatic carbocycles. The van der Waals surface area contributed by atoms with E-state index in [0.29, 0.717) is 0 Å². The van der Waals surface area contributed by atoms with Crippen molar-refractivity contribution in [3.63, 3.8) is 0 Å². The van der Waals surface area contributed by atoms with Gasteiger partial charge in [-0.2, -0.15) is 0 Å². The molecule has 0 radical (unpaired) electrons. The van der Waals surface area contributed by atoms with Crippen LogP contribution >= 0.6 is 0 Å². The lowest BCUT2D eigenvalue weighted by Gasteiger charge is -2.39. The van der Waals surface area contributed by atoms with Crippen LogP contribution in [0.25, 0.3) is 0 Å². The first kappa shape index (κ1) is 61.3. The molecule has 0 unspecified atom stereocenters. The second kappa shape index (κ2) is 32.9. The summed E-state index contributed by atoms with van der Waals surface area (Å²) in [5.74, 6) is -2.48. The standard InChI is InChI=1S/C40H73N5O25/c41-20(1-3-25(49)42-5-8-62-11-14-65-38-33(57)30(54)27(51)22(17-46)68-38)36(60)45-21(37(61)44-7-10-64-13-16-67-40-35(59)32(56)29(53)24(19-48)70-40)2-4-26(50)43-6-9-63-12-15-66-39-34(58)31(55)28(52)23(18-47)69-39/h20-24,27-35,38-40,46-48,51-59H,1-19,41H2,(H,42,49)(H,43,50)(H,44,61)(H,45,60)/t20-,21-,22+,23+,24+,27-,28-,29-,30-,31-,32-,33+,34+,35+,38+,39+,40+/m0/s1. The van der Waals surface area contributed by atoms with Crippen molar-refractivity contribution in [3.05, 3.63) is 0 Å². The maximum atomic E-state index is 13.2. The molecule has 30 nitrogen and oxygen atoms in total. The molecule has 30 heteroatoms. The van der Waals surface area contributed by atoms with E-state index in [2.05, 4.69) is 21.3 Å². The van der Waals surface area contributed by atoms with Crippen molar-refractivity contribution in [2.24, 2.45) is 5.73 Å². The molecule has 3 saturated heterocycles. The summed E-state index contributed by atoms with van der Waals surface area (Å²) in [6, 6.07) is -2.52. The zero-order chi connectivity index (χ0) is 51.8. The summed E-state index contributed by atoms with van der Waals surface area (Å²) in [5, 5.41) is 128. The van der Waals surface area contributed by atoms with Crippen LogP contribution in [0.3, 0.4) is 0 Å². The Morgan fingerprint density at radius 1 is 0.443 bits per heavy atom. The van der Waals surface area contributed by atoms with Gasteiger partial charge in [0, 0.05) is 32.5 Å². The number of nitrogens with one attached hydrogen (secondary N) is 4. The van der Waals surface area contributed by atoms with E-state index in [9.17, 15) is 80.5 Å². The predicted molar refractivity (Wildman–Crippen MR) is 229 cm³/mol. The van der Waals surface area contributed by atoms with Crippen LogP contribution in [-0.2, 0) is 61.8 Å². The first-order chi connectivity index (χ1) is 33.4. The topological polar surface area (TPSA) is 468 Å². The van der Waals surface area contributed by atoms with E-state index in [1.807, 2.05) is 0 Å². The number of ether oxygens (including phenoxy) is 9. The quantitative estimate of drug-likeness (QED) is 0.0271. The van der Waals surface area contributed by atoms with Gasteiger partial charge < -0.3 is 131 Å². The monoisotopic (exact) mass is 1020 g/mol. The molecule has 3 fully saturated rings. The lowest BCUT2D eigenvalue weighted by Crippen LogP contribution is -2.59. The van der Waals surface area contributed by atoms with Gasteiger partial charge in [-0.15, -0.1) is 0 Å². The number of carbonyl (C=O) groups is 4. The molecule has 0 aliphatic carbocycles. The Labute approximate surface area is 402 Å². The van der Waals surface area contributed by atoms with E-state index >= 15 is 0 Å². The molecular formula is C40H73N5O25. The summed E-state index contributed by atoms with van der Waals surface area (Å²) < 4.78 is 47.9. The Balaban J connectivity index is 1.38. The van der Waals surface area contributed by atoms with Gasteiger partial charge in [0.2, 0.25) is 23.6 Å². The summed E-state index contributed by atoms with van der Waals surface area (Å²) in [7, 11) is 0. The zero-order valence-electron chi connectivity index (χ0n) is 38.5. The van der Waals surface area contributed by atoms with Gasteiger partial charge in [-0.05, 0) is 12.8 Å². The van der Waals surface area contributed by atoms with Crippen molar-refractivity contribution in [1.82, 2.24) is 21.3 Å². The highest BCUT2D eigenvalue weighted by atomic mass is 16.7. The molecule has 17 atom stereocenters. The highest BCUT2D eigenvalue weighted by molar-refractivity contribution is 5.90. The van der Waals surface area contributed by atoms with E-state index in [1.54, 1.807) is 0 Å². The van der Waals surface area contributed by atoms with Crippen LogP contribution in [0.4, 0.5) is 0 Å². The number of amides is 4. The van der Waals surface area contributed by atoms with Gasteiger partial charge in [-0.3, -0.25) is 19.2 Å². The number of hydrogen-bond donors (Lipinski definition) is 17. The van der Waals surface area contributed by atoms with Crippen LogP contribution < -0.4 is 27.0 Å². The summed E-state index contributed by atoms with van der Waals surface area (Å²) in [6.45, 7) is -2.34. The summed E-state index contributed by atoms with van der Waals surface area (Å²) in [5.41, 5.74) is 6.05. The SMILES string of the molecule is N[C@@H](CCC(=O)NCCOCCO[C@@H]1O[C@H](CO)[C@H](O)[C@H](O)[C@H]1O)C(=O)N[C@@H](CCC(=O)NCCOCCO[C@@H]1O[C@H](CO)[C@H](O)[C@H](O)[C@H]1O)C(=O)NCCOCCO[C@@H]1O[C@H](CO)[C@H](O)[C@H](O)[C@H]1O. The minimum atomic E-state index is -1.63. The third-order valence-corrected chi connectivity index (χ3v) is 11.1. The minimum Gasteiger partial charge on any atom is -0.394 e. The largest absolute Gasteiger partial charge is 0.394 e. The normalized spacial score (nSPS) is 32.2. The Morgan fingerprint density at radius 2 is 0.786 bits per heavy atom. The minimum absolute atomic E-state index is 0.00736. The lowest BCUT2D eigenvalue weighted by atomic mass is 9.99. The smallest absolute Gasteiger partial charge is 0.242 e. The Hall–Kier alpha value is -3.00. The molecule has 0 bridgehead atoms. The maximum absolute atomic E-state index is 13.2. The molecule has 3 aliphatic heterocycles. The first-order valence-electron chi connectivity index (χ1n) is 22.8. The average Bonchev–Trinajstić information content (AvgIpc) is 3.35. The molecule has 3 aliphatic rings. The van der Waals surface area contributed by atoms with Crippen molar-refractivity contribution in [2.45, 2.75) is 130 Å². The fourth-order valence-corrected chi connectivity index (χ4v) is 6.90. The number of aliphatic hydroxyl groups is 12. The van der Waals surface area contributed by atoms with Crippen molar-refractivity contribution in [1.29, 1.82) is 0 Å². The maximum Gasteiger partial charge on any atom is 0.242 e. The van der Waals surface area contributed by atoms with E-state index < -0.39 is 148 Å². The Bertz CT molecular complexity index is 1510. The van der Waals surface area contributed by atoms with Crippen LogP contribution in [0.15, 0.2) is 0 Å². The molecule has 4 amide bonds. The molecule has 0 aromatic rings. The van der Waals surface area contributed by atoms with Crippen LogP contribution in [0, 0.1) is 0 Å². The van der Waals surface area contributed by atoms with Crippen LogP contribution in [0.1, 0.15) is 25.7 Å². The first-order valence-corrected chi connectivity index (χ1v) is 22.8. The molecule has 0 aromatic heterocycles. The van der Waals surface area contributed by atoms with Gasteiger partial charge in [0.05, 0.1) is 85.3 Å². The number of hydrogen-bond acceptors (Lipinski definition) is 26. The van der Waals surface area contributed by atoms with Crippen LogP contribution in [-0.4, -0.2) is 288 Å². The van der Waals surface area contributed by atoms with Crippen molar-refractivity contribution >= 4 is 23.6 Å². The highest BCUT2D eigenvalue weighted by Gasteiger charge is 2.46. The van der Waals surface area contributed by atoms with Crippen molar-refractivity contribution in [3.8, 4) is 0 Å². The van der Waals surface area contributed by atoms with Gasteiger partial charge >= 0.3 is 0 Å². The highest BCUT2D eigenvalue weighted by Crippen LogP contribution is 2.24. The molecule has 0 spiro atoms. The summed E-state index contributed by atoms with van der Waals surface area (Å²) in [6.07, 6.45) is -22.4. The van der Waals surface area contributed by atoms with Gasteiger partial charge in [-0.25, -0.2) is 0 Å². The number of nitrogens with two attached hydrogens (primary N) is 1. The Morgan fingerprint density at radius 3 is 1.14 bits per heavy atom. The third kappa shape index (κ3) is 20.1. The third-order valence-electron chi connectivity index (χ3n) is 11.1. The zero-order valence-corrected chi connectivity index (χ0v) is 38.5. The molecule has 0 saturated carbocycles. The predicted octanol–water partition coefficient (Wildman–Crippen LogP) is -10.8. The molecule has 3 rings (SSSR count). The molecule has 18 N–H and O–H groups in total. The van der Waals surface area contributed by atoms with Crippen molar-refractivity contribution < 1.29 is 123 Å². The van der Waals surface area contributed by atoms with Gasteiger partial charge in [0.15, 0.2) is 18.9 Å². The van der Waals surface area contributed by atoms with Gasteiger partial charge in [0.25, 0.3) is 0 Å². The fourth-order valence-electron chi connectivity index (χ4n) is 6.90. The summed E-state index contributed by atoms with van der Waals surface area (Å²) in [4.78, 5) is 51.5. The second-order valence-corrected chi connectivity index (χ2v) is 16.3. The average molecular weight is 1020 g/mol. The number of rotatable bonds is 33. The van der Waals surface area contributed by atoms with E-state index in [-0.39, 0.29) is 105 Å². The van der Waals surface area contributed by atoms with E-state index in [1.165, 1.54) is 0 Å². The number of aliphatic hydroxyl groups excluding tert-OH is 12. The van der Waals surface area contributed by atoms with E-state index in [4.69, 9.17) is 48.4 Å². The Kier molecular flexibility index (Phi) is 28.9. The molecular weight excluding hydrogens is 950 g/mol. The van der Waals surface area contributed by atoms with Crippen LogP contribution in [0.2, 0.25) is 0 Å². The van der Waals surface area contributed by atoms with Gasteiger partial charge in [0.1, 0.15) is 79.3 Å². The van der Waals surface area contributed by atoms with E-state index in [0.717, 1.165) is 0 Å².